The molecule has 2 fully saturated rings. The molecule has 0 aliphatic heterocycles. The highest BCUT2D eigenvalue weighted by Crippen LogP contribution is 2.37. The third-order valence-electron chi connectivity index (χ3n) is 3.15. The molecule has 0 aromatic heterocycles. The minimum atomic E-state index is -0.0662. The largest absolute Gasteiger partial charge is 0.354 e. The van der Waals surface area contributed by atoms with Crippen LogP contribution in [0, 0.1) is 17.8 Å². The average Bonchev–Trinajstić information content (AvgIpc) is 3.07. The molecule has 2 N–H and O–H groups in total. The predicted molar refractivity (Wildman–Crippen MR) is 56.0 cm³/mol. The molecule has 0 bridgehead atoms. The van der Waals surface area contributed by atoms with Crippen LogP contribution >= 0.6 is 0 Å². The fourth-order valence-corrected chi connectivity index (χ4v) is 1.63. The van der Waals surface area contributed by atoms with Gasteiger partial charge in [-0.05, 0) is 31.1 Å². The zero-order chi connectivity index (χ0) is 10.8. The fourth-order valence-electron chi connectivity index (χ4n) is 1.63. The number of rotatable bonds is 5. The number of carbonyl (C=O) groups is 2. The van der Waals surface area contributed by atoms with Crippen molar-refractivity contribution in [3.63, 3.8) is 0 Å². The average molecular weight is 210 g/mol. The normalized spacial score (nSPS) is 28.3. The van der Waals surface area contributed by atoms with Crippen molar-refractivity contribution >= 4 is 11.8 Å². The van der Waals surface area contributed by atoms with Crippen LogP contribution in [0.3, 0.4) is 0 Å². The van der Waals surface area contributed by atoms with Crippen LogP contribution < -0.4 is 10.6 Å². The second-order valence-electron chi connectivity index (χ2n) is 4.78. The van der Waals surface area contributed by atoms with E-state index in [2.05, 4.69) is 17.6 Å². The lowest BCUT2D eigenvalue weighted by atomic mass is 10.3. The second kappa shape index (κ2) is 4.21. The quantitative estimate of drug-likeness (QED) is 0.685. The van der Waals surface area contributed by atoms with E-state index in [0.717, 1.165) is 13.0 Å². The van der Waals surface area contributed by atoms with Crippen LogP contribution in [0.5, 0.6) is 0 Å². The molecule has 4 nitrogen and oxygen atoms in total. The summed E-state index contributed by atoms with van der Waals surface area (Å²) >= 11 is 0. The molecule has 0 spiro atoms. The Labute approximate surface area is 89.8 Å². The summed E-state index contributed by atoms with van der Waals surface area (Å²) in [5, 5.41) is 5.48. The molecule has 84 valence electrons. The van der Waals surface area contributed by atoms with Crippen LogP contribution in [0.25, 0.3) is 0 Å². The molecule has 0 aromatic carbocycles. The summed E-state index contributed by atoms with van der Waals surface area (Å²) in [5.74, 6) is 1.31. The summed E-state index contributed by atoms with van der Waals surface area (Å²) in [5.41, 5.74) is 0. The van der Waals surface area contributed by atoms with Crippen molar-refractivity contribution in [2.45, 2.75) is 26.2 Å². The van der Waals surface area contributed by atoms with E-state index in [0.29, 0.717) is 11.8 Å². The van der Waals surface area contributed by atoms with Gasteiger partial charge in [-0.1, -0.05) is 6.92 Å². The molecule has 2 saturated carbocycles. The first kappa shape index (κ1) is 10.5. The Kier molecular flexibility index (Phi) is 2.93. The molecule has 2 aliphatic carbocycles. The van der Waals surface area contributed by atoms with Crippen molar-refractivity contribution in [1.29, 1.82) is 0 Å². The highest BCUT2D eigenvalue weighted by Gasteiger charge is 2.38. The van der Waals surface area contributed by atoms with E-state index in [-0.39, 0.29) is 24.3 Å². The van der Waals surface area contributed by atoms with Crippen LogP contribution in [0.15, 0.2) is 0 Å². The van der Waals surface area contributed by atoms with E-state index in [9.17, 15) is 9.59 Å². The third-order valence-corrected chi connectivity index (χ3v) is 3.15. The number of hydrogen-bond acceptors (Lipinski definition) is 2. The molecular formula is C11H18N2O2. The molecule has 2 amide bonds. The van der Waals surface area contributed by atoms with Crippen molar-refractivity contribution in [3.8, 4) is 0 Å². The van der Waals surface area contributed by atoms with Crippen LogP contribution in [0.2, 0.25) is 0 Å². The van der Waals surface area contributed by atoms with E-state index < -0.39 is 0 Å². The summed E-state index contributed by atoms with van der Waals surface area (Å²) < 4.78 is 0. The van der Waals surface area contributed by atoms with Crippen LogP contribution in [-0.4, -0.2) is 24.9 Å². The lowest BCUT2D eigenvalue weighted by Gasteiger charge is -2.05. The topological polar surface area (TPSA) is 58.2 Å². The first-order valence-corrected chi connectivity index (χ1v) is 5.71. The highest BCUT2D eigenvalue weighted by atomic mass is 16.2. The SMILES string of the molecule is CC1CC1C(=O)NCC(=O)NCC1CC1. The fraction of sp³-hybridized carbons (Fsp3) is 0.818. The lowest BCUT2D eigenvalue weighted by molar-refractivity contribution is -0.127. The molecular weight excluding hydrogens is 192 g/mol. The zero-order valence-electron chi connectivity index (χ0n) is 9.08. The molecule has 0 aromatic rings. The molecule has 2 aliphatic rings. The monoisotopic (exact) mass is 210 g/mol. The number of amides is 2. The summed E-state index contributed by atoms with van der Waals surface area (Å²) in [6, 6.07) is 0. The van der Waals surface area contributed by atoms with Gasteiger partial charge in [-0.2, -0.15) is 0 Å². The minimum Gasteiger partial charge on any atom is -0.354 e. The van der Waals surface area contributed by atoms with Gasteiger partial charge in [-0.25, -0.2) is 0 Å². The van der Waals surface area contributed by atoms with Crippen molar-refractivity contribution < 1.29 is 9.59 Å². The van der Waals surface area contributed by atoms with Gasteiger partial charge in [0.15, 0.2) is 0 Å². The molecule has 0 radical (unpaired) electrons. The predicted octanol–water partition coefficient (Wildman–Crippen LogP) is 0.285. The Morgan fingerprint density at radius 3 is 2.47 bits per heavy atom. The van der Waals surface area contributed by atoms with Gasteiger partial charge in [0.25, 0.3) is 0 Å². The molecule has 0 saturated heterocycles. The van der Waals surface area contributed by atoms with Crippen LogP contribution in [-0.2, 0) is 9.59 Å². The molecule has 0 heterocycles. The van der Waals surface area contributed by atoms with Crippen molar-refractivity contribution in [2.24, 2.45) is 17.8 Å². The molecule has 2 rings (SSSR count). The third kappa shape index (κ3) is 3.22. The highest BCUT2D eigenvalue weighted by molar-refractivity contribution is 5.87. The van der Waals surface area contributed by atoms with E-state index >= 15 is 0 Å². The smallest absolute Gasteiger partial charge is 0.239 e. The van der Waals surface area contributed by atoms with Crippen molar-refractivity contribution in [3.05, 3.63) is 0 Å². The minimum absolute atomic E-state index is 0.0315. The van der Waals surface area contributed by atoms with Gasteiger partial charge in [0.2, 0.25) is 11.8 Å². The Hall–Kier alpha value is -1.06. The standard InChI is InChI=1S/C11H18N2O2/c1-7-4-9(7)11(15)13-6-10(14)12-5-8-2-3-8/h7-9H,2-6H2,1H3,(H,12,14)(H,13,15). The second-order valence-corrected chi connectivity index (χ2v) is 4.78. The van der Waals surface area contributed by atoms with Gasteiger partial charge in [-0.15, -0.1) is 0 Å². The van der Waals surface area contributed by atoms with Crippen LogP contribution in [0.1, 0.15) is 26.2 Å². The Balaban J connectivity index is 1.55. The first-order chi connectivity index (χ1) is 7.16. The lowest BCUT2D eigenvalue weighted by Crippen LogP contribution is -2.38. The summed E-state index contributed by atoms with van der Waals surface area (Å²) in [6.07, 6.45) is 3.42. The summed E-state index contributed by atoms with van der Waals surface area (Å²) in [6.45, 7) is 2.96. The van der Waals surface area contributed by atoms with Gasteiger partial charge in [0.1, 0.15) is 0 Å². The van der Waals surface area contributed by atoms with E-state index in [1.54, 1.807) is 0 Å². The van der Waals surface area contributed by atoms with Gasteiger partial charge in [0.05, 0.1) is 6.54 Å². The first-order valence-electron chi connectivity index (χ1n) is 5.71. The Morgan fingerprint density at radius 2 is 1.93 bits per heavy atom. The maximum Gasteiger partial charge on any atom is 0.239 e. The summed E-state index contributed by atoms with van der Waals surface area (Å²) in [7, 11) is 0. The number of hydrogen-bond donors (Lipinski definition) is 2. The van der Waals surface area contributed by atoms with E-state index in [1.807, 2.05) is 0 Å². The van der Waals surface area contributed by atoms with Crippen LogP contribution in [0.4, 0.5) is 0 Å². The molecule has 15 heavy (non-hydrogen) atoms. The van der Waals surface area contributed by atoms with Crippen molar-refractivity contribution in [1.82, 2.24) is 10.6 Å². The Bertz CT molecular complexity index is 274. The number of nitrogens with one attached hydrogen (secondary N) is 2. The molecule has 2 unspecified atom stereocenters. The van der Waals surface area contributed by atoms with E-state index in [4.69, 9.17) is 0 Å². The number of carbonyl (C=O) groups excluding carboxylic acids is 2. The van der Waals surface area contributed by atoms with Gasteiger partial charge in [-0.3, -0.25) is 9.59 Å². The zero-order valence-corrected chi connectivity index (χ0v) is 9.08. The summed E-state index contributed by atoms with van der Waals surface area (Å²) in [4.78, 5) is 22.7. The Morgan fingerprint density at radius 1 is 1.27 bits per heavy atom. The van der Waals surface area contributed by atoms with Crippen molar-refractivity contribution in [2.75, 3.05) is 13.1 Å². The maximum absolute atomic E-state index is 11.4. The van der Waals surface area contributed by atoms with Gasteiger partial charge < -0.3 is 10.6 Å². The van der Waals surface area contributed by atoms with E-state index in [1.165, 1.54) is 12.8 Å². The molecule has 4 heteroatoms. The maximum atomic E-state index is 11.4. The van der Waals surface area contributed by atoms with Gasteiger partial charge in [0, 0.05) is 12.5 Å². The molecule has 2 atom stereocenters. The van der Waals surface area contributed by atoms with Gasteiger partial charge >= 0.3 is 0 Å².